The maximum Gasteiger partial charge on any atom is 0.238 e. The first-order valence-corrected chi connectivity index (χ1v) is 10.8. The van der Waals surface area contributed by atoms with Gasteiger partial charge in [0.25, 0.3) is 0 Å². The minimum Gasteiger partial charge on any atom is -0.493 e. The van der Waals surface area contributed by atoms with Crippen LogP contribution in [-0.2, 0) is 16.6 Å². The number of sulfonamides is 1. The molecule has 0 spiro atoms. The quantitative estimate of drug-likeness (QED) is 0.619. The van der Waals surface area contributed by atoms with Gasteiger partial charge in [0.2, 0.25) is 10.0 Å². The molecule has 158 valence electrons. The summed E-state index contributed by atoms with van der Waals surface area (Å²) in [6.45, 7) is 2.51. The molecule has 3 rings (SSSR count). The number of methoxy groups -OCH3 is 2. The van der Waals surface area contributed by atoms with Crippen molar-refractivity contribution in [3.63, 3.8) is 0 Å². The first kappa shape index (κ1) is 21.6. The highest BCUT2D eigenvalue weighted by atomic mass is 32.2. The fourth-order valence-corrected chi connectivity index (χ4v) is 3.90. The van der Waals surface area contributed by atoms with Gasteiger partial charge in [-0.1, -0.05) is 24.3 Å². The minimum absolute atomic E-state index is 0.0923. The number of nitrogens with zero attached hydrogens (tertiary/aromatic N) is 2. The summed E-state index contributed by atoms with van der Waals surface area (Å²) in [6, 6.07) is 10.3. The monoisotopic (exact) mass is 427 g/mol. The second kappa shape index (κ2) is 8.73. The fraction of sp³-hybridized carbons (Fsp3) is 0.227. The van der Waals surface area contributed by atoms with Gasteiger partial charge < -0.3 is 14.4 Å². The maximum atomic E-state index is 11.5. The lowest BCUT2D eigenvalue weighted by atomic mass is 10.1. The summed E-state index contributed by atoms with van der Waals surface area (Å²) in [5.41, 5.74) is 3.67. The van der Waals surface area contributed by atoms with Crippen LogP contribution >= 0.6 is 0 Å². The van der Waals surface area contributed by atoms with Crippen LogP contribution in [0.4, 0.5) is 5.69 Å². The molecule has 8 heteroatoms. The van der Waals surface area contributed by atoms with Crippen molar-refractivity contribution < 1.29 is 17.9 Å². The lowest BCUT2D eigenvalue weighted by Crippen LogP contribution is -2.18. The second-order valence-electron chi connectivity index (χ2n) is 6.83. The molecule has 0 unspecified atom stereocenters. The number of aromatic nitrogens is 1. The van der Waals surface area contributed by atoms with Crippen LogP contribution in [0.3, 0.4) is 0 Å². The average Bonchev–Trinajstić information content (AvgIpc) is 2.72. The van der Waals surface area contributed by atoms with Gasteiger partial charge in [-0.2, -0.15) is 0 Å². The normalized spacial score (nSPS) is 11.8. The summed E-state index contributed by atoms with van der Waals surface area (Å²) in [7, 11) is 1.46. The highest BCUT2D eigenvalue weighted by Gasteiger charge is 2.16. The van der Waals surface area contributed by atoms with E-state index in [0.717, 1.165) is 27.7 Å². The van der Waals surface area contributed by atoms with Crippen molar-refractivity contribution in [1.29, 1.82) is 0 Å². The fourth-order valence-electron chi connectivity index (χ4n) is 3.39. The zero-order valence-electron chi connectivity index (χ0n) is 17.4. The van der Waals surface area contributed by atoms with Crippen molar-refractivity contribution in [2.75, 3.05) is 26.2 Å². The summed E-state index contributed by atoms with van der Waals surface area (Å²) in [5, 5.41) is 6.11. The van der Waals surface area contributed by atoms with Crippen LogP contribution < -0.4 is 19.5 Å². The number of fused-ring (bicyclic) bond motifs is 1. The third-order valence-corrected chi connectivity index (χ3v) is 5.70. The summed E-state index contributed by atoms with van der Waals surface area (Å²) >= 11 is 0. The van der Waals surface area contributed by atoms with Crippen LogP contribution in [0.2, 0.25) is 0 Å². The predicted octanol–water partition coefficient (Wildman–Crippen LogP) is 3.57. The van der Waals surface area contributed by atoms with Crippen LogP contribution in [0, 0.1) is 0 Å². The Labute approximate surface area is 176 Å². The van der Waals surface area contributed by atoms with Gasteiger partial charge in [-0.3, -0.25) is 4.98 Å². The number of primary sulfonamides is 1. The number of rotatable bonds is 7. The molecular weight excluding hydrogens is 402 g/mol. The van der Waals surface area contributed by atoms with E-state index in [1.807, 2.05) is 44.5 Å². The summed E-state index contributed by atoms with van der Waals surface area (Å²) in [4.78, 5) is 6.77. The Morgan fingerprint density at radius 1 is 1.10 bits per heavy atom. The molecule has 2 aromatic carbocycles. The summed E-state index contributed by atoms with van der Waals surface area (Å²) < 4.78 is 33.9. The van der Waals surface area contributed by atoms with Crippen molar-refractivity contribution in [1.82, 2.24) is 4.98 Å². The Morgan fingerprint density at radius 3 is 2.30 bits per heavy atom. The van der Waals surface area contributed by atoms with E-state index in [1.165, 1.54) is 12.1 Å². The molecule has 0 atom stereocenters. The van der Waals surface area contributed by atoms with E-state index in [-0.39, 0.29) is 4.90 Å². The smallest absolute Gasteiger partial charge is 0.238 e. The summed E-state index contributed by atoms with van der Waals surface area (Å²) in [5.74, 6) is 1.24. The van der Waals surface area contributed by atoms with E-state index in [9.17, 15) is 8.42 Å². The summed E-state index contributed by atoms with van der Waals surface area (Å²) in [6.07, 6.45) is 5.78. The van der Waals surface area contributed by atoms with Crippen molar-refractivity contribution in [2.45, 2.75) is 18.4 Å². The number of benzene rings is 2. The Kier molecular flexibility index (Phi) is 6.28. The Bertz CT molecular complexity index is 1190. The number of hydrogen-bond donors (Lipinski definition) is 1. The first-order chi connectivity index (χ1) is 14.3. The number of anilines is 1. The third-order valence-electron chi connectivity index (χ3n) is 4.77. The molecule has 7 nitrogen and oxygen atoms in total. The molecule has 0 aliphatic rings. The van der Waals surface area contributed by atoms with E-state index in [1.54, 1.807) is 26.4 Å². The molecule has 0 radical (unpaired) electrons. The van der Waals surface area contributed by atoms with Crippen LogP contribution in [0.25, 0.3) is 17.0 Å². The highest BCUT2D eigenvalue weighted by molar-refractivity contribution is 7.89. The number of allylic oxidation sites excluding steroid dienone is 1. The Hall–Kier alpha value is -3.10. The number of ether oxygens (including phenoxy) is 2. The maximum absolute atomic E-state index is 11.5. The molecule has 1 heterocycles. The van der Waals surface area contributed by atoms with Gasteiger partial charge in [0, 0.05) is 36.8 Å². The average molecular weight is 428 g/mol. The van der Waals surface area contributed by atoms with Crippen LogP contribution in [0.15, 0.2) is 53.6 Å². The number of pyridine rings is 1. The Balaban J connectivity index is 2.08. The van der Waals surface area contributed by atoms with Crippen molar-refractivity contribution in [2.24, 2.45) is 5.14 Å². The Morgan fingerprint density at radius 2 is 1.73 bits per heavy atom. The van der Waals surface area contributed by atoms with E-state index in [0.29, 0.717) is 18.0 Å². The molecule has 0 fully saturated rings. The van der Waals surface area contributed by atoms with Gasteiger partial charge in [-0.25, -0.2) is 13.6 Å². The predicted molar refractivity (Wildman–Crippen MR) is 119 cm³/mol. The molecular formula is C22H25N3O4S. The van der Waals surface area contributed by atoms with Gasteiger partial charge in [-0.15, -0.1) is 0 Å². The topological polar surface area (TPSA) is 94.8 Å². The highest BCUT2D eigenvalue weighted by Crippen LogP contribution is 2.38. The molecule has 2 N–H and O–H groups in total. The largest absolute Gasteiger partial charge is 0.493 e. The number of hydrogen-bond acceptors (Lipinski definition) is 6. The molecule has 1 aromatic heterocycles. The van der Waals surface area contributed by atoms with E-state index < -0.39 is 10.0 Å². The molecule has 0 saturated heterocycles. The van der Waals surface area contributed by atoms with Crippen LogP contribution in [0.1, 0.15) is 18.1 Å². The molecule has 30 heavy (non-hydrogen) atoms. The molecule has 0 aliphatic heterocycles. The van der Waals surface area contributed by atoms with E-state index >= 15 is 0 Å². The van der Waals surface area contributed by atoms with Gasteiger partial charge in [0.15, 0.2) is 11.5 Å². The molecule has 3 aromatic rings. The zero-order valence-corrected chi connectivity index (χ0v) is 18.2. The number of nitrogens with two attached hydrogens (primary N) is 1. The van der Waals surface area contributed by atoms with Gasteiger partial charge >= 0.3 is 0 Å². The molecule has 0 bridgehead atoms. The third kappa shape index (κ3) is 4.39. The van der Waals surface area contributed by atoms with E-state index in [4.69, 9.17) is 14.6 Å². The molecule has 0 amide bonds. The van der Waals surface area contributed by atoms with Crippen molar-refractivity contribution in [3.8, 4) is 11.5 Å². The van der Waals surface area contributed by atoms with E-state index in [2.05, 4.69) is 9.88 Å². The van der Waals surface area contributed by atoms with Gasteiger partial charge in [0.05, 0.1) is 30.3 Å². The van der Waals surface area contributed by atoms with Gasteiger partial charge in [-0.05, 0) is 30.7 Å². The second-order valence-corrected chi connectivity index (χ2v) is 8.39. The SMILES string of the molecule is C/C=C\c1cnc2cc(OC)c(OC)cc2c1N(C)Cc1ccc(S(N)(=O)=O)cc1. The van der Waals surface area contributed by atoms with Crippen LogP contribution in [-0.4, -0.2) is 34.7 Å². The molecule has 0 saturated carbocycles. The van der Waals surface area contributed by atoms with Gasteiger partial charge in [0.1, 0.15) is 0 Å². The first-order valence-electron chi connectivity index (χ1n) is 9.28. The molecule has 0 aliphatic carbocycles. The lowest BCUT2D eigenvalue weighted by Gasteiger charge is -2.24. The zero-order chi connectivity index (χ0) is 21.9. The van der Waals surface area contributed by atoms with Crippen LogP contribution in [0.5, 0.6) is 11.5 Å². The van der Waals surface area contributed by atoms with Crippen molar-refractivity contribution in [3.05, 3.63) is 59.8 Å². The lowest BCUT2D eigenvalue weighted by molar-refractivity contribution is 0.356. The standard InChI is InChI=1S/C22H25N3O4S/c1-5-6-16-13-24-19-12-21(29-4)20(28-3)11-18(19)22(16)25(2)14-15-7-9-17(10-8-15)30(23,26)27/h5-13H,14H2,1-4H3,(H2,23,26,27)/b6-5-. The van der Waals surface area contributed by atoms with Crippen molar-refractivity contribution >= 4 is 32.7 Å². The minimum atomic E-state index is -3.71.